The lowest BCUT2D eigenvalue weighted by molar-refractivity contribution is 1.31. The van der Waals surface area contributed by atoms with Gasteiger partial charge in [-0.15, -0.1) is 0 Å². The van der Waals surface area contributed by atoms with E-state index in [4.69, 9.17) is 0 Å². The number of hydrogen-bond acceptors (Lipinski definition) is 2. The topological polar surface area (TPSA) is 25.2 Å². The van der Waals surface area contributed by atoms with E-state index >= 15 is 0 Å². The average molecular weight is 172 g/mol. The molecule has 0 aliphatic heterocycles. The Kier molecular flexibility index (Phi) is 3.64. The monoisotopic (exact) mass is 172 g/mol. The maximum Gasteiger partial charge on any atom is 0.0346 e. The largest absolute Gasteiger partial charge is 0.269 e. The van der Waals surface area contributed by atoms with Crippen LogP contribution in [0.3, 0.4) is 0 Å². The summed E-state index contributed by atoms with van der Waals surface area (Å²) >= 11 is 0. The first-order chi connectivity index (χ1) is 6.38. The van der Waals surface area contributed by atoms with Crippen LogP contribution in [0, 0.1) is 0 Å². The number of rotatable bonds is 3. The molecule has 0 aliphatic rings. The molecule has 0 atom stereocenters. The first kappa shape index (κ1) is 9.39. The van der Waals surface area contributed by atoms with Crippen molar-refractivity contribution in [1.82, 2.24) is 4.98 Å². The normalized spacial score (nSPS) is 11.2. The van der Waals surface area contributed by atoms with Crippen LogP contribution in [0.15, 0.2) is 36.2 Å². The van der Waals surface area contributed by atoms with Crippen molar-refractivity contribution in [3.05, 3.63) is 42.4 Å². The van der Waals surface area contributed by atoms with Crippen LogP contribution in [0.1, 0.15) is 18.1 Å². The molecular formula is C11H12N2. The van der Waals surface area contributed by atoms with Crippen molar-refractivity contribution in [1.29, 1.82) is 0 Å². The third kappa shape index (κ3) is 2.67. The van der Waals surface area contributed by atoms with Crippen molar-refractivity contribution in [2.24, 2.45) is 4.99 Å². The molecule has 1 heterocycles. The average Bonchev–Trinajstić information content (AvgIpc) is 2.19. The highest BCUT2D eigenvalue weighted by molar-refractivity contribution is 5.64. The standard InChI is InChI=1S/C11H12N2/c1-3-10-9-13-8-6-11(10)5-7-12-4-2/h3-9H,1H2,2H3/b7-5-,12-4+. The predicted octanol–water partition coefficient (Wildman–Crippen LogP) is 2.79. The Labute approximate surface area is 78.4 Å². The van der Waals surface area contributed by atoms with Crippen molar-refractivity contribution in [2.75, 3.05) is 0 Å². The second-order valence-corrected chi connectivity index (χ2v) is 2.43. The minimum Gasteiger partial charge on any atom is -0.269 e. The zero-order chi connectivity index (χ0) is 9.52. The summed E-state index contributed by atoms with van der Waals surface area (Å²) in [5.41, 5.74) is 2.10. The minimum absolute atomic E-state index is 1.02. The summed E-state index contributed by atoms with van der Waals surface area (Å²) in [6.07, 6.45) is 10.7. The molecule has 13 heavy (non-hydrogen) atoms. The summed E-state index contributed by atoms with van der Waals surface area (Å²) < 4.78 is 0. The van der Waals surface area contributed by atoms with E-state index in [1.165, 1.54) is 0 Å². The number of hydrogen-bond donors (Lipinski definition) is 0. The summed E-state index contributed by atoms with van der Waals surface area (Å²) in [5, 5.41) is 0. The zero-order valence-corrected chi connectivity index (χ0v) is 7.64. The Bertz CT molecular complexity index is 338. The number of nitrogens with zero attached hydrogens (tertiary/aromatic N) is 2. The summed E-state index contributed by atoms with van der Waals surface area (Å²) in [6.45, 7) is 5.59. The van der Waals surface area contributed by atoms with Crippen molar-refractivity contribution in [3.8, 4) is 0 Å². The van der Waals surface area contributed by atoms with E-state index in [0.717, 1.165) is 11.1 Å². The van der Waals surface area contributed by atoms with Crippen molar-refractivity contribution < 1.29 is 0 Å². The van der Waals surface area contributed by atoms with Crippen molar-refractivity contribution in [2.45, 2.75) is 6.92 Å². The summed E-state index contributed by atoms with van der Waals surface area (Å²) in [4.78, 5) is 7.98. The molecule has 66 valence electrons. The van der Waals surface area contributed by atoms with Crippen LogP contribution < -0.4 is 0 Å². The third-order valence-electron chi connectivity index (χ3n) is 1.60. The predicted molar refractivity (Wildman–Crippen MR) is 57.5 cm³/mol. The molecule has 0 amide bonds. The van der Waals surface area contributed by atoms with Crippen molar-refractivity contribution >= 4 is 18.4 Å². The van der Waals surface area contributed by atoms with Gasteiger partial charge in [-0.1, -0.05) is 12.7 Å². The van der Waals surface area contributed by atoms with Gasteiger partial charge in [0.05, 0.1) is 0 Å². The van der Waals surface area contributed by atoms with Crippen LogP contribution in [-0.4, -0.2) is 11.2 Å². The number of aliphatic imine (C=N–C) groups is 1. The quantitative estimate of drug-likeness (QED) is 0.643. The smallest absolute Gasteiger partial charge is 0.0346 e. The fourth-order valence-electron chi connectivity index (χ4n) is 0.949. The number of aromatic nitrogens is 1. The maximum absolute atomic E-state index is 4.00. The van der Waals surface area contributed by atoms with Gasteiger partial charge in [-0.2, -0.15) is 0 Å². The molecule has 0 fully saturated rings. The molecule has 0 bridgehead atoms. The Morgan fingerprint density at radius 2 is 2.31 bits per heavy atom. The van der Waals surface area contributed by atoms with Gasteiger partial charge < -0.3 is 0 Å². The van der Waals surface area contributed by atoms with Gasteiger partial charge in [0.1, 0.15) is 0 Å². The fourth-order valence-corrected chi connectivity index (χ4v) is 0.949. The molecule has 0 radical (unpaired) electrons. The van der Waals surface area contributed by atoms with E-state index in [-0.39, 0.29) is 0 Å². The summed E-state index contributed by atoms with van der Waals surface area (Å²) in [6, 6.07) is 1.93. The van der Waals surface area contributed by atoms with Crippen LogP contribution in [0.2, 0.25) is 0 Å². The van der Waals surface area contributed by atoms with Crippen LogP contribution in [0.4, 0.5) is 0 Å². The second kappa shape index (κ2) is 5.04. The molecule has 0 aromatic carbocycles. The van der Waals surface area contributed by atoms with Crippen LogP contribution in [0.5, 0.6) is 0 Å². The first-order valence-electron chi connectivity index (χ1n) is 4.09. The lowest BCUT2D eigenvalue weighted by Gasteiger charge is -1.96. The fraction of sp³-hybridized carbons (Fsp3) is 0.0909. The van der Waals surface area contributed by atoms with E-state index in [0.29, 0.717) is 0 Å². The van der Waals surface area contributed by atoms with Gasteiger partial charge in [0.2, 0.25) is 0 Å². The van der Waals surface area contributed by atoms with Crippen LogP contribution >= 0.6 is 0 Å². The molecule has 0 N–H and O–H groups in total. The van der Waals surface area contributed by atoms with Gasteiger partial charge in [-0.3, -0.25) is 9.98 Å². The maximum atomic E-state index is 4.00. The zero-order valence-electron chi connectivity index (χ0n) is 7.64. The molecule has 0 aliphatic carbocycles. The summed E-state index contributed by atoms with van der Waals surface area (Å²) in [5.74, 6) is 0. The highest BCUT2D eigenvalue weighted by Crippen LogP contribution is 2.09. The lowest BCUT2D eigenvalue weighted by atomic mass is 10.1. The molecule has 2 nitrogen and oxygen atoms in total. The van der Waals surface area contributed by atoms with Gasteiger partial charge >= 0.3 is 0 Å². The molecule has 1 rings (SSSR count). The van der Waals surface area contributed by atoms with E-state index in [9.17, 15) is 0 Å². The van der Waals surface area contributed by atoms with E-state index in [1.807, 2.05) is 19.1 Å². The highest BCUT2D eigenvalue weighted by atomic mass is 14.7. The van der Waals surface area contributed by atoms with Gasteiger partial charge in [-0.25, -0.2) is 0 Å². The molecular weight excluding hydrogens is 160 g/mol. The Morgan fingerprint density at radius 1 is 1.46 bits per heavy atom. The van der Waals surface area contributed by atoms with E-state index in [1.54, 1.807) is 30.9 Å². The first-order valence-corrected chi connectivity index (χ1v) is 4.09. The Morgan fingerprint density at radius 3 is 3.00 bits per heavy atom. The Hall–Kier alpha value is -1.70. The number of pyridine rings is 1. The molecule has 0 saturated carbocycles. The van der Waals surface area contributed by atoms with E-state index in [2.05, 4.69) is 16.6 Å². The lowest BCUT2D eigenvalue weighted by Crippen LogP contribution is -1.80. The SMILES string of the molecule is C=Cc1cnccc1/C=C\N=C\C. The molecule has 1 aromatic heterocycles. The van der Waals surface area contributed by atoms with Gasteiger partial charge in [0, 0.05) is 24.8 Å². The van der Waals surface area contributed by atoms with Gasteiger partial charge in [-0.05, 0) is 30.2 Å². The van der Waals surface area contributed by atoms with Gasteiger partial charge in [0.15, 0.2) is 0 Å². The molecule has 0 unspecified atom stereocenters. The van der Waals surface area contributed by atoms with E-state index < -0.39 is 0 Å². The second-order valence-electron chi connectivity index (χ2n) is 2.43. The highest BCUT2D eigenvalue weighted by Gasteiger charge is 1.92. The Balaban J connectivity index is 2.93. The third-order valence-corrected chi connectivity index (χ3v) is 1.60. The molecule has 0 spiro atoms. The van der Waals surface area contributed by atoms with Gasteiger partial charge in [0.25, 0.3) is 0 Å². The molecule has 1 aromatic rings. The minimum atomic E-state index is 1.02. The molecule has 0 saturated heterocycles. The molecule has 2 heteroatoms. The summed E-state index contributed by atoms with van der Waals surface area (Å²) in [7, 11) is 0. The van der Waals surface area contributed by atoms with Crippen molar-refractivity contribution in [3.63, 3.8) is 0 Å². The van der Waals surface area contributed by atoms with Crippen LogP contribution in [-0.2, 0) is 0 Å². The van der Waals surface area contributed by atoms with Crippen LogP contribution in [0.25, 0.3) is 12.2 Å².